The Morgan fingerprint density at radius 1 is 1.31 bits per heavy atom. The van der Waals surface area contributed by atoms with Crippen molar-refractivity contribution in [3.8, 4) is 0 Å². The van der Waals surface area contributed by atoms with Crippen LogP contribution >= 0.6 is 0 Å². The number of ether oxygens (including phenoxy) is 1. The molecule has 1 saturated carbocycles. The summed E-state index contributed by atoms with van der Waals surface area (Å²) >= 11 is 0. The van der Waals surface area contributed by atoms with Crippen molar-refractivity contribution in [1.82, 2.24) is 0 Å². The van der Waals surface area contributed by atoms with E-state index in [0.29, 0.717) is 12.0 Å². The lowest BCUT2D eigenvalue weighted by Crippen LogP contribution is -2.24. The second-order valence-corrected chi connectivity index (χ2v) is 4.03. The van der Waals surface area contributed by atoms with E-state index in [0.717, 1.165) is 25.4 Å². The maximum Gasteiger partial charge on any atom is 0.0969 e. The van der Waals surface area contributed by atoms with Crippen LogP contribution in [-0.2, 0) is 4.74 Å². The fraction of sp³-hybridized carbons (Fsp3) is 0.900. The van der Waals surface area contributed by atoms with Crippen LogP contribution in [0.4, 0.5) is 0 Å². The van der Waals surface area contributed by atoms with Crippen LogP contribution in [0.2, 0.25) is 0 Å². The quantitative estimate of drug-likeness (QED) is 0.528. The fourth-order valence-corrected chi connectivity index (χ4v) is 1.67. The minimum Gasteiger partial charge on any atom is -0.387 e. The van der Waals surface area contributed by atoms with Gasteiger partial charge in [-0.15, -0.1) is 0 Å². The molecule has 2 N–H and O–H groups in total. The topological polar surface area (TPSA) is 47.6 Å². The van der Waals surface area contributed by atoms with Crippen LogP contribution in [-0.4, -0.2) is 25.1 Å². The highest BCUT2D eigenvalue weighted by molar-refractivity contribution is 5.84. The molecule has 0 bridgehead atoms. The predicted molar refractivity (Wildman–Crippen MR) is 52.8 cm³/mol. The maximum atomic E-state index is 5.79. The molecule has 1 saturated heterocycles. The van der Waals surface area contributed by atoms with Crippen molar-refractivity contribution in [2.24, 2.45) is 16.6 Å². The van der Waals surface area contributed by atoms with Gasteiger partial charge in [0, 0.05) is 12.5 Å². The zero-order valence-corrected chi connectivity index (χ0v) is 8.04. The predicted octanol–water partition coefficient (Wildman–Crippen LogP) is 1.32. The molecule has 0 aromatic heterocycles. The summed E-state index contributed by atoms with van der Waals surface area (Å²) in [5.74, 6) is 1.46. The highest BCUT2D eigenvalue weighted by Crippen LogP contribution is 2.28. The number of hydrogen-bond acceptors (Lipinski definition) is 2. The van der Waals surface area contributed by atoms with E-state index in [2.05, 4.69) is 4.99 Å². The molecular weight excluding hydrogens is 164 g/mol. The molecule has 0 amide bonds. The van der Waals surface area contributed by atoms with E-state index in [9.17, 15) is 0 Å². The van der Waals surface area contributed by atoms with Gasteiger partial charge in [-0.05, 0) is 32.1 Å². The second kappa shape index (κ2) is 4.09. The molecule has 1 aliphatic carbocycles. The third-order valence-corrected chi connectivity index (χ3v) is 2.75. The minimum absolute atomic E-state index is 0.339. The van der Waals surface area contributed by atoms with Gasteiger partial charge in [0.25, 0.3) is 0 Å². The van der Waals surface area contributed by atoms with Gasteiger partial charge in [-0.1, -0.05) is 0 Å². The molecule has 74 valence electrons. The van der Waals surface area contributed by atoms with Crippen molar-refractivity contribution < 1.29 is 4.74 Å². The van der Waals surface area contributed by atoms with E-state index in [4.69, 9.17) is 10.5 Å². The first-order valence-corrected chi connectivity index (χ1v) is 5.27. The summed E-state index contributed by atoms with van der Waals surface area (Å²) in [5.41, 5.74) is 5.79. The molecule has 2 fully saturated rings. The summed E-state index contributed by atoms with van der Waals surface area (Å²) in [7, 11) is 0. The van der Waals surface area contributed by atoms with Crippen LogP contribution in [0.25, 0.3) is 0 Å². The third-order valence-electron chi connectivity index (χ3n) is 2.75. The molecule has 2 aliphatic rings. The Kier molecular flexibility index (Phi) is 2.83. The summed E-state index contributed by atoms with van der Waals surface area (Å²) < 4.78 is 5.57. The van der Waals surface area contributed by atoms with Gasteiger partial charge in [0.1, 0.15) is 0 Å². The van der Waals surface area contributed by atoms with E-state index in [1.54, 1.807) is 0 Å². The van der Waals surface area contributed by atoms with E-state index in [1.807, 2.05) is 0 Å². The van der Waals surface area contributed by atoms with Crippen molar-refractivity contribution in [2.75, 3.05) is 13.2 Å². The zero-order valence-electron chi connectivity index (χ0n) is 8.04. The maximum absolute atomic E-state index is 5.79. The summed E-state index contributed by atoms with van der Waals surface area (Å²) in [5, 5.41) is 0. The smallest absolute Gasteiger partial charge is 0.0969 e. The van der Waals surface area contributed by atoms with Gasteiger partial charge in [0.05, 0.1) is 18.5 Å². The van der Waals surface area contributed by atoms with Crippen LogP contribution in [0.5, 0.6) is 0 Å². The average molecular weight is 182 g/mol. The molecule has 0 aromatic rings. The van der Waals surface area contributed by atoms with Crippen molar-refractivity contribution in [3.63, 3.8) is 0 Å². The number of hydrogen-bond donors (Lipinski definition) is 1. The van der Waals surface area contributed by atoms with Gasteiger partial charge in [-0.2, -0.15) is 0 Å². The van der Waals surface area contributed by atoms with Crippen LogP contribution in [0.3, 0.4) is 0 Å². The Bertz CT molecular complexity index is 193. The lowest BCUT2D eigenvalue weighted by molar-refractivity contribution is 0.0225. The summed E-state index contributed by atoms with van der Waals surface area (Å²) in [4.78, 5) is 4.38. The number of aliphatic imine (C=N–C) groups is 1. The second-order valence-electron chi connectivity index (χ2n) is 4.03. The minimum atomic E-state index is 0.339. The number of nitrogens with two attached hydrogens (primary N) is 1. The Morgan fingerprint density at radius 2 is 2.15 bits per heavy atom. The molecule has 13 heavy (non-hydrogen) atoms. The highest BCUT2D eigenvalue weighted by Gasteiger charge is 2.25. The summed E-state index contributed by atoms with van der Waals surface area (Å²) in [6, 6.07) is 0. The lowest BCUT2D eigenvalue weighted by Gasteiger charge is -2.20. The first kappa shape index (κ1) is 9.00. The zero-order chi connectivity index (χ0) is 9.10. The number of amidine groups is 1. The van der Waals surface area contributed by atoms with Crippen LogP contribution in [0, 0.1) is 5.92 Å². The van der Waals surface area contributed by atoms with E-state index in [1.165, 1.54) is 25.7 Å². The normalized spacial score (nSPS) is 30.5. The van der Waals surface area contributed by atoms with E-state index < -0.39 is 0 Å². The number of nitrogens with zero attached hydrogens (tertiary/aromatic N) is 1. The van der Waals surface area contributed by atoms with E-state index >= 15 is 0 Å². The fourth-order valence-electron chi connectivity index (χ4n) is 1.67. The lowest BCUT2D eigenvalue weighted by atomic mass is 10.1. The molecule has 2 rings (SSSR count). The van der Waals surface area contributed by atoms with E-state index in [-0.39, 0.29) is 0 Å². The molecule has 1 heterocycles. The first-order chi connectivity index (χ1) is 6.36. The van der Waals surface area contributed by atoms with Crippen molar-refractivity contribution in [1.29, 1.82) is 0 Å². The molecule has 0 radical (unpaired) electrons. The van der Waals surface area contributed by atoms with Gasteiger partial charge < -0.3 is 10.5 Å². The Morgan fingerprint density at radius 3 is 2.77 bits per heavy atom. The van der Waals surface area contributed by atoms with Crippen molar-refractivity contribution in [3.05, 3.63) is 0 Å². The van der Waals surface area contributed by atoms with Crippen LogP contribution in [0.1, 0.15) is 32.1 Å². The molecule has 1 atom stereocenters. The van der Waals surface area contributed by atoms with Crippen LogP contribution < -0.4 is 5.73 Å². The Hall–Kier alpha value is -0.570. The van der Waals surface area contributed by atoms with Crippen molar-refractivity contribution in [2.45, 2.75) is 38.2 Å². The standard InChI is InChI=1S/C10H18N2O/c11-10(8-4-5-8)12-7-9-3-1-2-6-13-9/h8-9H,1-7H2,(H2,11,12). The van der Waals surface area contributed by atoms with Gasteiger partial charge in [0.2, 0.25) is 0 Å². The number of rotatable bonds is 3. The molecule has 0 aromatic carbocycles. The molecule has 3 heteroatoms. The molecule has 3 nitrogen and oxygen atoms in total. The first-order valence-electron chi connectivity index (χ1n) is 5.27. The molecule has 0 spiro atoms. The Balaban J connectivity index is 1.73. The monoisotopic (exact) mass is 182 g/mol. The molecule has 1 unspecified atom stereocenters. The summed E-state index contributed by atoms with van der Waals surface area (Å²) in [6.07, 6.45) is 6.46. The van der Waals surface area contributed by atoms with Gasteiger partial charge in [0.15, 0.2) is 0 Å². The molecule has 1 aliphatic heterocycles. The average Bonchev–Trinajstić information content (AvgIpc) is 2.99. The largest absolute Gasteiger partial charge is 0.387 e. The van der Waals surface area contributed by atoms with Crippen LogP contribution in [0.15, 0.2) is 4.99 Å². The van der Waals surface area contributed by atoms with Gasteiger partial charge >= 0.3 is 0 Å². The Labute approximate surface area is 79.4 Å². The summed E-state index contributed by atoms with van der Waals surface area (Å²) in [6.45, 7) is 1.69. The SMILES string of the molecule is NC(=NCC1CCCCO1)C1CC1. The highest BCUT2D eigenvalue weighted by atomic mass is 16.5. The molecular formula is C10H18N2O. The third kappa shape index (κ3) is 2.69. The van der Waals surface area contributed by atoms with Gasteiger partial charge in [-0.25, -0.2) is 0 Å². The van der Waals surface area contributed by atoms with Crippen molar-refractivity contribution >= 4 is 5.84 Å². The van der Waals surface area contributed by atoms with Gasteiger partial charge in [-0.3, -0.25) is 4.99 Å².